The summed E-state index contributed by atoms with van der Waals surface area (Å²) >= 11 is 10.8. The standard InChI is InChI=1S/C16H15Cl2F2N3O5S/c17-14(18)15(24)21-7-10-8-23(16(25)28-10)9-5-11(19)13(12(20)6-9)22-1-3-29(26,27)4-2-22/h1,3,5-6,10,14H,2,4,7-8H2,(H,21,24)/t10-/m0/s1. The smallest absolute Gasteiger partial charge is 0.414 e. The van der Waals surface area contributed by atoms with Gasteiger partial charge >= 0.3 is 6.09 Å². The minimum atomic E-state index is -3.38. The first kappa shape index (κ1) is 21.6. The Morgan fingerprint density at radius 1 is 1.31 bits per heavy atom. The molecule has 0 aromatic heterocycles. The van der Waals surface area contributed by atoms with Crippen LogP contribution in [0.2, 0.25) is 0 Å². The normalized spacial score (nSPS) is 20.9. The Labute approximate surface area is 174 Å². The van der Waals surface area contributed by atoms with Gasteiger partial charge in [-0.1, -0.05) is 23.2 Å². The molecular weight excluding hydrogens is 455 g/mol. The van der Waals surface area contributed by atoms with Crippen molar-refractivity contribution >= 4 is 56.4 Å². The van der Waals surface area contributed by atoms with Crippen LogP contribution in [0.15, 0.2) is 23.7 Å². The highest BCUT2D eigenvalue weighted by molar-refractivity contribution is 7.94. The molecule has 2 aliphatic heterocycles. The quantitative estimate of drug-likeness (QED) is 0.661. The molecule has 1 saturated heterocycles. The number of carbonyl (C=O) groups is 2. The average Bonchev–Trinajstić information content (AvgIpc) is 3.01. The van der Waals surface area contributed by atoms with E-state index in [1.807, 2.05) is 0 Å². The van der Waals surface area contributed by atoms with E-state index in [1.54, 1.807) is 0 Å². The second kappa shape index (κ2) is 8.33. The van der Waals surface area contributed by atoms with Gasteiger partial charge < -0.3 is 15.0 Å². The monoisotopic (exact) mass is 469 g/mol. The molecule has 2 amide bonds. The van der Waals surface area contributed by atoms with Gasteiger partial charge in [-0.15, -0.1) is 0 Å². The summed E-state index contributed by atoms with van der Waals surface area (Å²) in [6.45, 7) is -0.247. The summed E-state index contributed by atoms with van der Waals surface area (Å²) in [5, 5.41) is 3.26. The minimum absolute atomic E-state index is 0.0611. The molecular formula is C16H15Cl2F2N3O5S. The minimum Gasteiger partial charge on any atom is -0.442 e. The van der Waals surface area contributed by atoms with E-state index in [9.17, 15) is 26.8 Å². The predicted octanol–water partition coefficient (Wildman–Crippen LogP) is 1.92. The lowest BCUT2D eigenvalue weighted by Gasteiger charge is -2.25. The molecule has 13 heteroatoms. The van der Waals surface area contributed by atoms with Crippen molar-refractivity contribution in [1.29, 1.82) is 0 Å². The fourth-order valence-electron chi connectivity index (χ4n) is 2.83. The highest BCUT2D eigenvalue weighted by Crippen LogP contribution is 2.32. The van der Waals surface area contributed by atoms with Gasteiger partial charge in [0.05, 0.1) is 24.5 Å². The zero-order valence-electron chi connectivity index (χ0n) is 14.6. The van der Waals surface area contributed by atoms with Crippen molar-refractivity contribution < 1.29 is 31.5 Å². The van der Waals surface area contributed by atoms with Crippen LogP contribution in [0.25, 0.3) is 0 Å². The molecule has 0 bridgehead atoms. The van der Waals surface area contributed by atoms with E-state index < -0.39 is 50.1 Å². The van der Waals surface area contributed by atoms with Crippen molar-refractivity contribution in [3.63, 3.8) is 0 Å². The van der Waals surface area contributed by atoms with Crippen LogP contribution in [0.4, 0.5) is 25.0 Å². The Kier molecular flexibility index (Phi) is 6.20. The van der Waals surface area contributed by atoms with Crippen LogP contribution in [0.5, 0.6) is 0 Å². The Bertz CT molecular complexity index is 950. The number of anilines is 2. The summed E-state index contributed by atoms with van der Waals surface area (Å²) in [4.78, 5) is 24.3. The third-order valence-corrected chi connectivity index (χ3v) is 5.93. The number of rotatable bonds is 5. The molecule has 1 aromatic rings. The van der Waals surface area contributed by atoms with E-state index in [0.29, 0.717) is 0 Å². The number of nitrogens with zero attached hydrogens (tertiary/aromatic N) is 2. The highest BCUT2D eigenvalue weighted by Gasteiger charge is 2.34. The third kappa shape index (κ3) is 4.90. The number of halogens is 4. The second-order valence-electron chi connectivity index (χ2n) is 6.27. The lowest BCUT2D eigenvalue weighted by Crippen LogP contribution is -2.37. The van der Waals surface area contributed by atoms with Gasteiger partial charge in [-0.2, -0.15) is 0 Å². The molecule has 29 heavy (non-hydrogen) atoms. The summed E-state index contributed by atoms with van der Waals surface area (Å²) in [6, 6.07) is 1.90. The van der Waals surface area contributed by atoms with Gasteiger partial charge in [0, 0.05) is 30.3 Å². The number of hydrogen-bond donors (Lipinski definition) is 1. The fraction of sp³-hybridized carbons (Fsp3) is 0.375. The largest absolute Gasteiger partial charge is 0.442 e. The maximum Gasteiger partial charge on any atom is 0.414 e. The molecule has 1 fully saturated rings. The van der Waals surface area contributed by atoms with Crippen LogP contribution in [-0.4, -0.2) is 56.7 Å². The maximum absolute atomic E-state index is 14.6. The molecule has 0 aliphatic carbocycles. The first-order chi connectivity index (χ1) is 13.6. The van der Waals surface area contributed by atoms with E-state index in [1.165, 1.54) is 0 Å². The van der Waals surface area contributed by atoms with Crippen molar-refractivity contribution in [2.24, 2.45) is 0 Å². The van der Waals surface area contributed by atoms with Crippen molar-refractivity contribution in [2.45, 2.75) is 10.9 Å². The average molecular weight is 470 g/mol. The Balaban J connectivity index is 1.75. The summed E-state index contributed by atoms with van der Waals surface area (Å²) in [7, 11) is -3.38. The van der Waals surface area contributed by atoms with Crippen molar-refractivity contribution in [3.8, 4) is 0 Å². The molecule has 3 rings (SSSR count). The van der Waals surface area contributed by atoms with E-state index in [2.05, 4.69) is 5.32 Å². The Morgan fingerprint density at radius 2 is 1.97 bits per heavy atom. The number of ether oxygens (including phenoxy) is 1. The predicted molar refractivity (Wildman–Crippen MR) is 103 cm³/mol. The van der Waals surface area contributed by atoms with Crippen LogP contribution >= 0.6 is 23.2 Å². The molecule has 2 heterocycles. The first-order valence-electron chi connectivity index (χ1n) is 8.28. The molecule has 0 saturated carbocycles. The number of amides is 2. The summed E-state index contributed by atoms with van der Waals surface area (Å²) < 4.78 is 57.1. The number of benzene rings is 1. The molecule has 8 nitrogen and oxygen atoms in total. The number of nitrogens with one attached hydrogen (secondary N) is 1. The topological polar surface area (TPSA) is 96.0 Å². The van der Waals surface area contributed by atoms with Gasteiger partial charge in [-0.3, -0.25) is 9.69 Å². The van der Waals surface area contributed by atoms with Crippen LogP contribution in [0.1, 0.15) is 0 Å². The number of sulfone groups is 1. The van der Waals surface area contributed by atoms with Gasteiger partial charge in [-0.05, 0) is 0 Å². The second-order valence-corrected chi connectivity index (χ2v) is 9.37. The third-order valence-electron chi connectivity index (χ3n) is 4.24. The zero-order valence-corrected chi connectivity index (χ0v) is 17.0. The molecule has 0 spiro atoms. The van der Waals surface area contributed by atoms with Gasteiger partial charge in [0.15, 0.2) is 26.3 Å². The van der Waals surface area contributed by atoms with E-state index in [4.69, 9.17) is 27.9 Å². The molecule has 0 unspecified atom stereocenters. The maximum atomic E-state index is 14.6. The van der Waals surface area contributed by atoms with E-state index >= 15 is 0 Å². The first-order valence-corrected chi connectivity index (χ1v) is 10.9. The summed E-state index contributed by atoms with van der Waals surface area (Å²) in [5.41, 5.74) is -0.504. The van der Waals surface area contributed by atoms with E-state index in [0.717, 1.165) is 33.5 Å². The SMILES string of the molecule is O=C(NC[C@H]1CN(c2cc(F)c(N3C=CS(=O)(=O)CC3)c(F)c2)C(=O)O1)C(Cl)Cl. The molecule has 1 atom stereocenters. The Morgan fingerprint density at radius 3 is 2.52 bits per heavy atom. The van der Waals surface area contributed by atoms with Gasteiger partial charge in [-0.25, -0.2) is 22.0 Å². The number of carbonyl (C=O) groups excluding carboxylic acids is 2. The molecule has 1 aromatic carbocycles. The summed E-state index contributed by atoms with van der Waals surface area (Å²) in [5.74, 6) is -2.89. The highest BCUT2D eigenvalue weighted by atomic mass is 35.5. The molecule has 0 radical (unpaired) electrons. The van der Waals surface area contributed by atoms with E-state index in [-0.39, 0.29) is 31.1 Å². The van der Waals surface area contributed by atoms with Gasteiger partial charge in [0.25, 0.3) is 5.91 Å². The number of cyclic esters (lactones) is 1. The van der Waals surface area contributed by atoms with Crippen molar-refractivity contribution in [3.05, 3.63) is 35.4 Å². The van der Waals surface area contributed by atoms with Crippen LogP contribution in [0, 0.1) is 11.6 Å². The number of alkyl halides is 2. The number of hydrogen-bond acceptors (Lipinski definition) is 6. The molecule has 158 valence electrons. The Hall–Kier alpha value is -2.11. The molecule has 2 aliphatic rings. The zero-order chi connectivity index (χ0) is 21.3. The lowest BCUT2D eigenvalue weighted by atomic mass is 10.2. The summed E-state index contributed by atoms with van der Waals surface area (Å²) in [6.07, 6.45) is -0.517. The van der Waals surface area contributed by atoms with Crippen LogP contribution in [-0.2, 0) is 19.4 Å². The lowest BCUT2D eigenvalue weighted by molar-refractivity contribution is -0.119. The van der Waals surface area contributed by atoms with Crippen LogP contribution < -0.4 is 15.1 Å². The molecule has 1 N–H and O–H groups in total. The van der Waals surface area contributed by atoms with Gasteiger partial charge in [0.1, 0.15) is 11.8 Å². The van der Waals surface area contributed by atoms with Crippen molar-refractivity contribution in [1.82, 2.24) is 5.32 Å². The fourth-order valence-corrected chi connectivity index (χ4v) is 3.91. The van der Waals surface area contributed by atoms with Crippen molar-refractivity contribution in [2.75, 3.05) is 35.2 Å². The van der Waals surface area contributed by atoms with Crippen LogP contribution in [0.3, 0.4) is 0 Å². The van der Waals surface area contributed by atoms with Gasteiger partial charge in [0.2, 0.25) is 0 Å².